The van der Waals surface area contributed by atoms with E-state index in [1.165, 1.54) is 98.9 Å². The largest absolute Gasteiger partial charge is 0.464 e. The van der Waals surface area contributed by atoms with Gasteiger partial charge in [-0.15, -0.1) is 88.5 Å². The van der Waals surface area contributed by atoms with Crippen LogP contribution in [0.3, 0.4) is 0 Å². The predicted octanol–water partition coefficient (Wildman–Crippen LogP) is 26.8. The van der Waals surface area contributed by atoms with E-state index in [2.05, 4.69) is 326 Å². The van der Waals surface area contributed by atoms with Gasteiger partial charge in [0.25, 0.3) is 0 Å². The van der Waals surface area contributed by atoms with Crippen LogP contribution in [0.25, 0.3) is 174 Å². The van der Waals surface area contributed by atoms with Crippen LogP contribution in [-0.2, 0) is 101 Å². The molecule has 0 unspecified atom stereocenters. The average Bonchev–Trinajstić information content (AvgIpc) is 1.41. The van der Waals surface area contributed by atoms with Gasteiger partial charge in [-0.3, -0.25) is 49.8 Å². The fourth-order valence-electron chi connectivity index (χ4n) is 17.2. The Hall–Kier alpha value is -13.5. The van der Waals surface area contributed by atoms with Crippen molar-refractivity contribution < 1.29 is 123 Å². The summed E-state index contributed by atoms with van der Waals surface area (Å²) in [5.41, 5.74) is 35.9. The summed E-state index contributed by atoms with van der Waals surface area (Å²) in [7, 11) is 0. The molecule has 13 aromatic carbocycles. The fourth-order valence-corrected chi connectivity index (χ4v) is 17.2. The number of aromatic nitrogens is 15. The molecule has 136 heavy (non-hydrogen) atoms. The molecule has 5 radical (unpaired) electrons. The normalized spacial score (nSPS) is 10.9. The first-order valence-electron chi connectivity index (χ1n) is 43.1. The summed E-state index contributed by atoms with van der Waals surface area (Å²) in [6.45, 7) is 23.8. The average molecular weight is 2670 g/mol. The van der Waals surface area contributed by atoms with Gasteiger partial charge in [-0.1, -0.05) is 221 Å². The van der Waals surface area contributed by atoms with Crippen molar-refractivity contribution in [2.75, 3.05) is 0 Å². The predicted molar refractivity (Wildman–Crippen MR) is 515 cm³/mol. The quantitative estimate of drug-likeness (QED) is 0.0871. The Morgan fingerprint density at radius 1 is 0.243 bits per heavy atom. The Morgan fingerprint density at radius 3 is 0.801 bits per heavy atom. The van der Waals surface area contributed by atoms with Crippen LogP contribution in [-0.4, -0.2) is 72.7 Å². The van der Waals surface area contributed by atoms with Crippen LogP contribution in [0.1, 0.15) is 89.6 Å². The first kappa shape index (κ1) is 98.5. The number of hydrogen-bond donors (Lipinski definition) is 0. The number of rotatable bonds is 15. The minimum absolute atomic E-state index is 0. The molecule has 0 bridgehead atoms. The second-order valence-corrected chi connectivity index (χ2v) is 32.7. The Balaban J connectivity index is 0.000000136. The summed E-state index contributed by atoms with van der Waals surface area (Å²) in [4.78, 5) is 43.7. The van der Waals surface area contributed by atoms with Gasteiger partial charge in [-0.25, -0.2) is 0 Å². The molecule has 10 aromatic heterocycles. The van der Waals surface area contributed by atoms with E-state index in [1.807, 2.05) is 135 Å². The summed E-state index contributed by atoms with van der Waals surface area (Å²) >= 11 is 0. The third-order valence-electron chi connectivity index (χ3n) is 23.2. The number of nitrogens with zero attached hydrogens (tertiary/aromatic N) is 15. The zero-order valence-corrected chi connectivity index (χ0v) is 87.6. The minimum atomic E-state index is 0. The first-order valence-corrected chi connectivity index (χ1v) is 43.1. The summed E-state index contributed by atoms with van der Waals surface area (Å²) in [5.74, 6) is 5.01. The van der Waals surface area contributed by atoms with Gasteiger partial charge in [0, 0.05) is 224 Å². The van der Waals surface area contributed by atoms with Gasteiger partial charge in [-0.05, 0) is 139 Å². The summed E-state index contributed by atoms with van der Waals surface area (Å²) in [6, 6.07) is 94.7. The van der Waals surface area contributed by atoms with Gasteiger partial charge < -0.3 is 44.9 Å². The fraction of sp³-hybridized carbons (Fsp3) is 0.117. The second-order valence-electron chi connectivity index (χ2n) is 32.7. The Bertz CT molecular complexity index is 7870. The topological polar surface area (TPSA) is 219 Å². The van der Waals surface area contributed by atoms with Crippen LogP contribution in [0.15, 0.2) is 347 Å². The molecule has 0 atom stereocenters. The van der Waals surface area contributed by atoms with Gasteiger partial charge in [0.15, 0.2) is 32.0 Å². The van der Waals surface area contributed by atoms with Crippen molar-refractivity contribution in [2.45, 2.75) is 88.0 Å². The number of oxazole rings is 5. The van der Waals surface area contributed by atoms with Crippen molar-refractivity contribution in [2.24, 2.45) is 0 Å². The van der Waals surface area contributed by atoms with Gasteiger partial charge in [-0.2, -0.15) is 0 Å². The molecule has 25 heteroatoms. The molecule has 0 aliphatic carbocycles. The van der Waals surface area contributed by atoms with Gasteiger partial charge >= 0.3 is 0 Å². The van der Waals surface area contributed by atoms with Crippen LogP contribution in [0, 0.1) is 78.8 Å². The van der Waals surface area contributed by atoms with Crippen LogP contribution in [0.5, 0.6) is 0 Å². The van der Waals surface area contributed by atoms with E-state index in [-0.39, 0.29) is 101 Å². The Morgan fingerprint density at radius 2 is 0.500 bits per heavy atom. The monoisotopic (exact) mass is 2680 g/mol. The second kappa shape index (κ2) is 43.9. The number of aryl methyl sites for hydroxylation is 7. The van der Waals surface area contributed by atoms with E-state index < -0.39 is 0 Å². The molecule has 0 saturated heterocycles. The Labute approximate surface area is 854 Å². The summed E-state index contributed by atoms with van der Waals surface area (Å²) in [5, 5.41) is 0. The van der Waals surface area contributed by atoms with Crippen LogP contribution in [0.4, 0.5) is 0 Å². The zero-order valence-electron chi connectivity index (χ0n) is 75.7. The number of imidazole rings is 5. The van der Waals surface area contributed by atoms with Gasteiger partial charge in [0.1, 0.15) is 0 Å². The molecule has 687 valence electrons. The van der Waals surface area contributed by atoms with Crippen molar-refractivity contribution in [3.63, 3.8) is 0 Å². The number of para-hydroxylation sites is 3. The van der Waals surface area contributed by atoms with E-state index in [0.29, 0.717) is 17.4 Å². The van der Waals surface area contributed by atoms with E-state index in [4.69, 9.17) is 27.1 Å². The first-order chi connectivity index (χ1) is 64.0. The van der Waals surface area contributed by atoms with Gasteiger partial charge in [0.2, 0.25) is 0 Å². The van der Waals surface area contributed by atoms with Crippen molar-refractivity contribution >= 4 is 55.5 Å². The molecule has 0 aliphatic rings. The van der Waals surface area contributed by atoms with Crippen molar-refractivity contribution in [3.8, 4) is 119 Å². The van der Waals surface area contributed by atoms with Crippen LogP contribution in [0.2, 0.25) is 0 Å². The van der Waals surface area contributed by atoms with Crippen LogP contribution >= 0.6 is 0 Å². The number of hydrogen-bond acceptors (Lipinski definition) is 15. The molecule has 10 heterocycles. The standard InChI is InChI=1S/C28H18N3O.C24H18N3O.C22H22N3O.C19H16N3O.C18H14N3O.5Ir/c1-3-8-20(9-4-1)23-12-7-13-24(21-10-5-2-6-11-21)27(23)31-17-16-29-28(31)22-14-15-25-26(18-22)32-19-30-25;1-16-12-20(18-6-4-3-5-7-18)13-17(2)23(16)27-11-10-25-24(27)19-8-9-21-22(14-19)28-15-26-21;1-14(2)17-6-5-7-18(15(3)4)21(17)25-11-10-23-22(25)16-8-9-19-20(12-16)26-13-24-19;1-12-8-13(2)18(14(3)9-12)22-7-6-20-19(22)15-4-5-16-17(10-15)23-11-21-16;1-12-4-3-5-13(2)17(12)21-9-8-19-18(21)14-6-7-15-16(10-14)22-11-20-15;;;;;/h1-13,15-19H;3-7,9-15H,1-2H3;5-7,9-15H,1-4H3;5-11H,1-3H3;3-5,7-11H,1-2H3;;;;;/q5*-1;;;;;. The van der Waals surface area contributed by atoms with Crippen LogP contribution < -0.4 is 0 Å². The number of benzene rings is 13. The molecule has 0 saturated carbocycles. The molecule has 0 N–H and O–H groups in total. The molecule has 0 aliphatic heterocycles. The zero-order chi connectivity index (χ0) is 89.8. The van der Waals surface area contributed by atoms with E-state index >= 15 is 0 Å². The van der Waals surface area contributed by atoms with Crippen molar-refractivity contribution in [1.29, 1.82) is 0 Å². The van der Waals surface area contributed by atoms with Crippen molar-refractivity contribution in [3.05, 3.63) is 405 Å². The van der Waals surface area contributed by atoms with E-state index in [9.17, 15) is 0 Å². The molecule has 20 nitrogen and oxygen atoms in total. The third-order valence-corrected chi connectivity index (χ3v) is 23.2. The maximum absolute atomic E-state index is 5.52. The molecule has 0 amide bonds. The molecular weight excluding hydrogens is 2580 g/mol. The van der Waals surface area contributed by atoms with E-state index in [0.717, 1.165) is 152 Å². The molecule has 23 rings (SSSR count). The SMILES string of the molecule is CC(C)c1cccc(C(C)C)c1-n1ccnc1-c1[c-]cc2ncoc2c1.Cc1cc(-c2ccccc2)cc(C)c1-n1ccnc1-c1[c-]cc2ncoc2c1.Cc1cc(C)c(-n2ccnc2-c2[c-]cc3ncoc3c2)c(C)c1.Cc1cccc(C)c1-n1ccnc1-c1[c-]cc2ncoc2c1.[Ir].[Ir].[Ir].[Ir].[Ir].[c-]1cc2ncoc2cc1-c1nccn1-c1c(-c2ccccc2)cccc1-c1ccccc1. The minimum Gasteiger partial charge on any atom is -0.464 e. The Kier molecular flexibility index (Phi) is 31.8. The van der Waals surface area contributed by atoms with E-state index in [1.54, 1.807) is 6.20 Å². The molecule has 0 spiro atoms. The molecule has 0 fully saturated rings. The van der Waals surface area contributed by atoms with Crippen molar-refractivity contribution in [1.82, 2.24) is 72.7 Å². The summed E-state index contributed by atoms with van der Waals surface area (Å²) < 4.78 is 37.8. The maximum atomic E-state index is 5.52. The molecule has 23 aromatic rings. The summed E-state index contributed by atoms with van der Waals surface area (Å²) in [6.07, 6.45) is 26.3. The van der Waals surface area contributed by atoms with Gasteiger partial charge in [0.05, 0.1) is 62.7 Å². The number of fused-ring (bicyclic) bond motifs is 5. The third kappa shape index (κ3) is 20.5. The molecular formula is C111H88Ir5N15O5-5. The maximum Gasteiger partial charge on any atom is 0.170 e. The smallest absolute Gasteiger partial charge is 0.170 e.